The molecule has 1 aliphatic heterocycles. The topological polar surface area (TPSA) is 152 Å². The monoisotopic (exact) mass is 649 g/mol. The highest BCUT2D eigenvalue weighted by Crippen LogP contribution is 2.39. The number of amides is 3. The highest BCUT2D eigenvalue weighted by molar-refractivity contribution is 5.89. The van der Waals surface area contributed by atoms with Gasteiger partial charge in [0.1, 0.15) is 12.6 Å². The standard InChI is InChI=1S/C36H51N5O6/c1-36(2,3)40-33(43)30-19-27-12-8-9-13-28(27)22-41(30)23-31(29(37)18-24-10-6-5-7-11-24)47-35(45)39-21-32(42)38-20-25-14-16-26(17-15-25)34(44)46-4/h5-7,10-11,14-17,27-31H,8-9,12-13,18-23,37H2,1-4H3,(H,38,42)(H,39,45)(H,40,43)/t27-,28+,29-,30-,31+/m0/s1. The van der Waals surface area contributed by atoms with Crippen LogP contribution in [0.15, 0.2) is 54.6 Å². The molecule has 0 unspecified atom stereocenters. The molecule has 1 heterocycles. The van der Waals surface area contributed by atoms with Gasteiger partial charge in [-0.2, -0.15) is 0 Å². The number of carbonyl (C=O) groups is 4. The number of esters is 1. The van der Waals surface area contributed by atoms with Crippen LogP contribution in [-0.4, -0.2) is 79.2 Å². The highest BCUT2D eigenvalue weighted by Gasteiger charge is 2.42. The number of methoxy groups -OCH3 is 1. The lowest BCUT2D eigenvalue weighted by molar-refractivity contribution is -0.132. The number of fused-ring (bicyclic) bond motifs is 1. The molecule has 1 saturated carbocycles. The van der Waals surface area contributed by atoms with Gasteiger partial charge in [-0.1, -0.05) is 61.7 Å². The minimum atomic E-state index is -0.751. The Hall–Kier alpha value is -3.96. The van der Waals surface area contributed by atoms with E-state index in [0.29, 0.717) is 30.4 Å². The van der Waals surface area contributed by atoms with Crippen LogP contribution in [0, 0.1) is 11.8 Å². The summed E-state index contributed by atoms with van der Waals surface area (Å²) in [4.78, 5) is 53.0. The van der Waals surface area contributed by atoms with E-state index in [4.69, 9.17) is 15.2 Å². The first-order chi connectivity index (χ1) is 22.4. The van der Waals surface area contributed by atoms with Crippen molar-refractivity contribution in [3.8, 4) is 0 Å². The third kappa shape index (κ3) is 11.1. The number of piperidine rings is 1. The number of ether oxygens (including phenoxy) is 2. The number of nitrogens with two attached hydrogens (primary N) is 1. The molecule has 0 bridgehead atoms. The van der Waals surface area contributed by atoms with E-state index in [0.717, 1.165) is 36.9 Å². The number of nitrogens with zero attached hydrogens (tertiary/aromatic N) is 1. The Bertz CT molecular complexity index is 1350. The van der Waals surface area contributed by atoms with Gasteiger partial charge in [0.2, 0.25) is 11.8 Å². The lowest BCUT2D eigenvalue weighted by Crippen LogP contribution is -2.60. The first-order valence-electron chi connectivity index (χ1n) is 16.7. The molecule has 256 valence electrons. The van der Waals surface area contributed by atoms with Gasteiger partial charge in [0, 0.05) is 31.2 Å². The fourth-order valence-electron chi connectivity index (χ4n) is 6.61. The van der Waals surface area contributed by atoms with Gasteiger partial charge in [-0.25, -0.2) is 9.59 Å². The number of carbonyl (C=O) groups excluding carboxylic acids is 4. The van der Waals surface area contributed by atoms with Crippen molar-refractivity contribution < 1.29 is 28.7 Å². The zero-order chi connectivity index (χ0) is 34.0. The molecule has 0 radical (unpaired) electrons. The van der Waals surface area contributed by atoms with Crippen LogP contribution in [0.5, 0.6) is 0 Å². The van der Waals surface area contributed by atoms with Gasteiger partial charge in [-0.3, -0.25) is 14.5 Å². The van der Waals surface area contributed by atoms with E-state index in [9.17, 15) is 19.2 Å². The molecular weight excluding hydrogens is 598 g/mol. The maximum atomic E-state index is 13.6. The van der Waals surface area contributed by atoms with Gasteiger partial charge in [0.25, 0.3) is 0 Å². The minimum Gasteiger partial charge on any atom is -0.465 e. The number of rotatable bonds is 12. The maximum absolute atomic E-state index is 13.6. The van der Waals surface area contributed by atoms with E-state index in [2.05, 4.69) is 20.9 Å². The molecule has 2 aromatic carbocycles. The van der Waals surface area contributed by atoms with Crippen molar-refractivity contribution in [2.24, 2.45) is 17.6 Å². The number of nitrogens with one attached hydrogen (secondary N) is 3. The molecule has 1 saturated heterocycles. The summed E-state index contributed by atoms with van der Waals surface area (Å²) >= 11 is 0. The van der Waals surface area contributed by atoms with Gasteiger partial charge in [0.05, 0.1) is 18.7 Å². The van der Waals surface area contributed by atoms with E-state index >= 15 is 0 Å². The van der Waals surface area contributed by atoms with Crippen molar-refractivity contribution in [3.63, 3.8) is 0 Å². The first-order valence-corrected chi connectivity index (χ1v) is 16.7. The van der Waals surface area contributed by atoms with Crippen molar-refractivity contribution >= 4 is 23.9 Å². The van der Waals surface area contributed by atoms with Crippen molar-refractivity contribution in [3.05, 3.63) is 71.3 Å². The number of benzene rings is 2. The quantitative estimate of drug-likeness (QED) is 0.255. The summed E-state index contributed by atoms with van der Waals surface area (Å²) in [7, 11) is 1.32. The summed E-state index contributed by atoms with van der Waals surface area (Å²) in [5, 5.41) is 8.48. The second kappa shape index (κ2) is 16.7. The van der Waals surface area contributed by atoms with Crippen molar-refractivity contribution in [2.45, 2.75) is 89.6 Å². The molecular formula is C36H51N5O6. The molecule has 4 rings (SSSR count). The van der Waals surface area contributed by atoms with Crippen molar-refractivity contribution in [2.75, 3.05) is 26.7 Å². The molecule has 5 N–H and O–H groups in total. The Labute approximate surface area is 278 Å². The minimum absolute atomic E-state index is 0.0158. The zero-order valence-electron chi connectivity index (χ0n) is 28.1. The molecule has 2 aromatic rings. The summed E-state index contributed by atoms with van der Waals surface area (Å²) in [6.45, 7) is 6.91. The van der Waals surface area contributed by atoms with E-state index in [1.165, 1.54) is 20.0 Å². The van der Waals surface area contributed by atoms with E-state index in [1.807, 2.05) is 51.1 Å². The summed E-state index contributed by atoms with van der Waals surface area (Å²) in [6.07, 6.45) is 4.41. The molecule has 2 fully saturated rings. The molecule has 2 aliphatic rings. The first kappa shape index (κ1) is 35.9. The van der Waals surface area contributed by atoms with Crippen LogP contribution in [0.25, 0.3) is 0 Å². The normalized spacial score (nSPS) is 21.0. The summed E-state index contributed by atoms with van der Waals surface area (Å²) in [5.41, 5.74) is 8.57. The van der Waals surface area contributed by atoms with Gasteiger partial charge in [-0.05, 0) is 75.1 Å². The molecule has 11 nitrogen and oxygen atoms in total. The van der Waals surface area contributed by atoms with Crippen LogP contribution in [0.3, 0.4) is 0 Å². The lowest BCUT2D eigenvalue weighted by Gasteiger charge is -2.47. The Morgan fingerprint density at radius 2 is 1.62 bits per heavy atom. The summed E-state index contributed by atoms with van der Waals surface area (Å²) in [5.74, 6) is 0.135. The molecule has 11 heteroatoms. The SMILES string of the molecule is COC(=O)c1ccc(CNC(=O)CNC(=O)O[C@H](CN2C[C@H]3CCCC[C@H]3C[C@H]2C(=O)NC(C)(C)C)[C@@H](N)Cc2ccccc2)cc1. The van der Waals surface area contributed by atoms with Gasteiger partial charge in [0.15, 0.2) is 0 Å². The van der Waals surface area contributed by atoms with Crippen molar-refractivity contribution in [1.82, 2.24) is 20.9 Å². The molecule has 0 aromatic heterocycles. The van der Waals surface area contributed by atoms with Crippen LogP contribution in [0.2, 0.25) is 0 Å². The van der Waals surface area contributed by atoms with E-state index in [-0.39, 0.29) is 30.6 Å². The van der Waals surface area contributed by atoms with Gasteiger partial charge < -0.3 is 31.2 Å². The Kier molecular flexibility index (Phi) is 12.8. The molecule has 47 heavy (non-hydrogen) atoms. The van der Waals surface area contributed by atoms with Gasteiger partial charge in [-0.15, -0.1) is 0 Å². The average Bonchev–Trinajstić information content (AvgIpc) is 3.05. The van der Waals surface area contributed by atoms with Crippen LogP contribution in [0.1, 0.15) is 74.4 Å². The second-order valence-corrected chi connectivity index (χ2v) is 13.9. The zero-order valence-corrected chi connectivity index (χ0v) is 28.1. The van der Waals surface area contributed by atoms with Crippen LogP contribution in [0.4, 0.5) is 4.79 Å². The summed E-state index contributed by atoms with van der Waals surface area (Å²) < 4.78 is 10.6. The second-order valence-electron chi connectivity index (χ2n) is 13.9. The third-order valence-electron chi connectivity index (χ3n) is 9.03. The van der Waals surface area contributed by atoms with E-state index < -0.39 is 30.1 Å². The highest BCUT2D eigenvalue weighted by atomic mass is 16.6. The van der Waals surface area contributed by atoms with Crippen LogP contribution < -0.4 is 21.7 Å². The molecule has 3 amide bonds. The number of hydrogen-bond donors (Lipinski definition) is 4. The predicted octanol–water partition coefficient (Wildman–Crippen LogP) is 3.55. The number of hydrogen-bond acceptors (Lipinski definition) is 8. The van der Waals surface area contributed by atoms with Crippen LogP contribution >= 0.6 is 0 Å². The Morgan fingerprint density at radius 3 is 2.28 bits per heavy atom. The largest absolute Gasteiger partial charge is 0.465 e. The Balaban J connectivity index is 1.40. The lowest BCUT2D eigenvalue weighted by atomic mass is 9.72. The smallest absolute Gasteiger partial charge is 0.407 e. The van der Waals surface area contributed by atoms with Crippen LogP contribution in [-0.2, 0) is 32.0 Å². The summed E-state index contributed by atoms with van der Waals surface area (Å²) in [6, 6.07) is 15.6. The molecule has 0 spiro atoms. The maximum Gasteiger partial charge on any atom is 0.407 e. The fourth-order valence-corrected chi connectivity index (χ4v) is 6.61. The third-order valence-corrected chi connectivity index (χ3v) is 9.03. The molecule has 1 aliphatic carbocycles. The average molecular weight is 650 g/mol. The number of alkyl carbamates (subject to hydrolysis) is 1. The number of likely N-dealkylation sites (tertiary alicyclic amines) is 1. The predicted molar refractivity (Wildman–Crippen MR) is 179 cm³/mol. The Morgan fingerprint density at radius 1 is 0.936 bits per heavy atom. The molecule has 5 atom stereocenters. The van der Waals surface area contributed by atoms with E-state index in [1.54, 1.807) is 24.3 Å². The fraction of sp³-hybridized carbons (Fsp3) is 0.556. The van der Waals surface area contributed by atoms with Gasteiger partial charge >= 0.3 is 12.1 Å². The van der Waals surface area contributed by atoms with Crippen molar-refractivity contribution in [1.29, 1.82) is 0 Å².